The molecule has 2 unspecified atom stereocenters. The maximum absolute atomic E-state index is 12.9. The summed E-state index contributed by atoms with van der Waals surface area (Å²) in [5.74, 6) is 0.703. The molecule has 2 aliphatic heterocycles. The van der Waals surface area contributed by atoms with Gasteiger partial charge in [-0.05, 0) is 107 Å². The number of halogens is 3. The van der Waals surface area contributed by atoms with E-state index < -0.39 is 11.7 Å². The average Bonchev–Trinajstić information content (AvgIpc) is 3.43. The van der Waals surface area contributed by atoms with E-state index in [4.69, 9.17) is 4.74 Å². The largest absolute Gasteiger partial charge is 0.493 e. The average molecular weight is 575 g/mol. The van der Waals surface area contributed by atoms with Gasteiger partial charge in [-0.3, -0.25) is 14.6 Å². The van der Waals surface area contributed by atoms with E-state index in [9.17, 15) is 18.0 Å². The van der Waals surface area contributed by atoms with Crippen LogP contribution in [0.4, 0.5) is 13.2 Å². The summed E-state index contributed by atoms with van der Waals surface area (Å²) in [5.41, 5.74) is 3.16. The lowest BCUT2D eigenvalue weighted by Gasteiger charge is -2.39. The Balaban J connectivity index is 1.23. The topological polar surface area (TPSA) is 48.1 Å². The number of nitrogens with one attached hydrogen (secondary N) is 1. The number of benzene rings is 2. The van der Waals surface area contributed by atoms with E-state index in [-0.39, 0.29) is 17.5 Å². The van der Waals surface area contributed by atoms with Crippen LogP contribution in [0.5, 0.6) is 5.75 Å². The maximum atomic E-state index is 12.9. The van der Waals surface area contributed by atoms with Crippen LogP contribution in [0.1, 0.15) is 71.8 Å². The van der Waals surface area contributed by atoms with Crippen LogP contribution in [0.3, 0.4) is 0 Å². The van der Waals surface area contributed by atoms with Crippen molar-refractivity contribution in [2.45, 2.75) is 65.2 Å². The second-order valence-corrected chi connectivity index (χ2v) is 11.3. The molecule has 0 aliphatic carbocycles. The maximum Gasteiger partial charge on any atom is 0.416 e. The van der Waals surface area contributed by atoms with Gasteiger partial charge in [-0.1, -0.05) is 13.0 Å². The fourth-order valence-corrected chi connectivity index (χ4v) is 6.11. The molecule has 2 fully saturated rings. The molecular weight excluding hydrogens is 529 g/mol. The standard InChI is InChI=1S/C32H45F3N4O2/c1-5-37-16-6-8-28(37)22-36-15-7-21-41-30-14-13-29(23(2)24(30)3)25(4)38-17-19-39(20-18-38)31(40)26-9-11-27(12-10-26)32(33,34)35/h9-14,25,28,36H,5-8,15-22H2,1-4H3. The van der Waals surface area contributed by atoms with Gasteiger partial charge in [-0.15, -0.1) is 0 Å². The minimum Gasteiger partial charge on any atom is -0.493 e. The number of amides is 1. The highest BCUT2D eigenvalue weighted by Gasteiger charge is 2.31. The van der Waals surface area contributed by atoms with E-state index in [1.807, 2.05) is 0 Å². The van der Waals surface area contributed by atoms with Crippen molar-refractivity contribution in [1.82, 2.24) is 20.0 Å². The fraction of sp³-hybridized carbons (Fsp3) is 0.594. The van der Waals surface area contributed by atoms with Gasteiger partial charge in [0.15, 0.2) is 0 Å². The Hall–Kier alpha value is -2.62. The number of hydrogen-bond donors (Lipinski definition) is 1. The lowest BCUT2D eigenvalue weighted by atomic mass is 9.96. The summed E-state index contributed by atoms with van der Waals surface area (Å²) >= 11 is 0. The lowest BCUT2D eigenvalue weighted by Crippen LogP contribution is -2.49. The number of carbonyl (C=O) groups is 1. The minimum atomic E-state index is -4.41. The number of nitrogens with zero attached hydrogens (tertiary/aromatic N) is 3. The number of alkyl halides is 3. The molecule has 4 rings (SSSR count). The molecule has 9 heteroatoms. The molecule has 0 aromatic heterocycles. The third-order valence-electron chi connectivity index (χ3n) is 8.88. The number of likely N-dealkylation sites (N-methyl/N-ethyl adjacent to an activating group) is 1. The zero-order valence-electron chi connectivity index (χ0n) is 24.9. The molecule has 2 aliphatic rings. The Labute approximate surface area is 242 Å². The number of ether oxygens (including phenoxy) is 1. The number of hydrogen-bond acceptors (Lipinski definition) is 5. The Morgan fingerprint density at radius 3 is 2.39 bits per heavy atom. The summed E-state index contributed by atoms with van der Waals surface area (Å²) in [5, 5.41) is 3.60. The van der Waals surface area contributed by atoms with Gasteiger partial charge in [0.05, 0.1) is 12.2 Å². The summed E-state index contributed by atoms with van der Waals surface area (Å²) < 4.78 is 44.7. The van der Waals surface area contributed by atoms with Crippen LogP contribution in [0.25, 0.3) is 0 Å². The fourth-order valence-electron chi connectivity index (χ4n) is 6.11. The zero-order chi connectivity index (χ0) is 29.6. The summed E-state index contributed by atoms with van der Waals surface area (Å²) in [7, 11) is 0. The third-order valence-corrected chi connectivity index (χ3v) is 8.88. The third kappa shape index (κ3) is 7.81. The van der Waals surface area contributed by atoms with Crippen LogP contribution in [0.15, 0.2) is 36.4 Å². The van der Waals surface area contributed by atoms with Gasteiger partial charge in [0.1, 0.15) is 5.75 Å². The Morgan fingerprint density at radius 2 is 1.73 bits per heavy atom. The molecule has 0 saturated carbocycles. The molecule has 41 heavy (non-hydrogen) atoms. The first-order chi connectivity index (χ1) is 19.6. The van der Waals surface area contributed by atoms with Crippen molar-refractivity contribution in [3.63, 3.8) is 0 Å². The molecule has 0 radical (unpaired) electrons. The van der Waals surface area contributed by atoms with Crippen molar-refractivity contribution in [1.29, 1.82) is 0 Å². The van der Waals surface area contributed by atoms with Gasteiger partial charge >= 0.3 is 6.18 Å². The van der Waals surface area contributed by atoms with Crippen LogP contribution in [-0.2, 0) is 6.18 Å². The summed E-state index contributed by atoms with van der Waals surface area (Å²) in [6.07, 6.45) is -0.854. The first kappa shape index (κ1) is 31.3. The van der Waals surface area contributed by atoms with E-state index in [1.54, 1.807) is 4.90 Å². The molecule has 0 bridgehead atoms. The number of rotatable bonds is 11. The van der Waals surface area contributed by atoms with Gasteiger partial charge in [-0.2, -0.15) is 13.2 Å². The van der Waals surface area contributed by atoms with Crippen molar-refractivity contribution in [3.05, 3.63) is 64.2 Å². The predicted octanol–water partition coefficient (Wildman–Crippen LogP) is 5.68. The Kier molecular flexibility index (Phi) is 10.7. The number of likely N-dealkylation sites (tertiary alicyclic amines) is 1. The molecule has 0 spiro atoms. The molecule has 2 atom stereocenters. The molecule has 6 nitrogen and oxygen atoms in total. The summed E-state index contributed by atoms with van der Waals surface area (Å²) in [6, 6.07) is 9.54. The Morgan fingerprint density at radius 1 is 1.02 bits per heavy atom. The normalized spacial score (nSPS) is 19.5. The van der Waals surface area contributed by atoms with Crippen molar-refractivity contribution < 1.29 is 22.7 Å². The molecule has 1 N–H and O–H groups in total. The van der Waals surface area contributed by atoms with E-state index in [0.717, 1.165) is 49.5 Å². The second kappa shape index (κ2) is 14.0. The van der Waals surface area contributed by atoms with Crippen LogP contribution in [0, 0.1) is 13.8 Å². The SMILES string of the molecule is CCN1CCCC1CNCCCOc1ccc(C(C)N2CCN(C(=O)c3ccc(C(F)(F)F)cc3)CC2)c(C)c1C. The summed E-state index contributed by atoms with van der Waals surface area (Å²) in [4.78, 5) is 19.5. The van der Waals surface area contributed by atoms with Gasteiger partial charge in [0.2, 0.25) is 0 Å². The van der Waals surface area contributed by atoms with Gasteiger partial charge in [-0.25, -0.2) is 0 Å². The number of carbonyl (C=O) groups excluding carboxylic acids is 1. The highest BCUT2D eigenvalue weighted by atomic mass is 19.4. The smallest absolute Gasteiger partial charge is 0.416 e. The van der Waals surface area contributed by atoms with E-state index in [1.165, 1.54) is 42.6 Å². The molecule has 226 valence electrons. The quantitative estimate of drug-likeness (QED) is 0.350. The highest BCUT2D eigenvalue weighted by molar-refractivity contribution is 5.94. The molecular formula is C32H45F3N4O2. The van der Waals surface area contributed by atoms with Crippen LogP contribution in [-0.4, -0.2) is 85.6 Å². The van der Waals surface area contributed by atoms with E-state index >= 15 is 0 Å². The Bertz CT molecular complexity index is 1150. The lowest BCUT2D eigenvalue weighted by molar-refractivity contribution is -0.137. The van der Waals surface area contributed by atoms with Gasteiger partial charge < -0.3 is 15.0 Å². The van der Waals surface area contributed by atoms with Gasteiger partial charge in [0.25, 0.3) is 5.91 Å². The minimum absolute atomic E-state index is 0.175. The van der Waals surface area contributed by atoms with E-state index in [2.05, 4.69) is 54.9 Å². The van der Waals surface area contributed by atoms with Crippen molar-refractivity contribution in [2.75, 3.05) is 59.0 Å². The van der Waals surface area contributed by atoms with Crippen LogP contribution < -0.4 is 10.1 Å². The monoisotopic (exact) mass is 574 g/mol. The van der Waals surface area contributed by atoms with Crippen molar-refractivity contribution in [3.8, 4) is 5.75 Å². The highest BCUT2D eigenvalue weighted by Crippen LogP contribution is 2.32. The number of piperazine rings is 1. The van der Waals surface area contributed by atoms with Crippen molar-refractivity contribution >= 4 is 5.91 Å². The summed E-state index contributed by atoms with van der Waals surface area (Å²) in [6.45, 7) is 16.2. The molecule has 2 saturated heterocycles. The van der Waals surface area contributed by atoms with Crippen molar-refractivity contribution in [2.24, 2.45) is 0 Å². The molecule has 1 amide bonds. The first-order valence-corrected chi connectivity index (χ1v) is 15.0. The van der Waals surface area contributed by atoms with Crippen LogP contribution >= 0.6 is 0 Å². The molecule has 2 aromatic rings. The van der Waals surface area contributed by atoms with Gasteiger partial charge in [0, 0.05) is 50.4 Å². The zero-order valence-corrected chi connectivity index (χ0v) is 24.9. The van der Waals surface area contributed by atoms with E-state index in [0.29, 0.717) is 38.8 Å². The predicted molar refractivity (Wildman–Crippen MR) is 157 cm³/mol. The second-order valence-electron chi connectivity index (χ2n) is 11.3. The van der Waals surface area contributed by atoms with Crippen LogP contribution in [0.2, 0.25) is 0 Å². The molecule has 2 aromatic carbocycles. The molecule has 2 heterocycles. The first-order valence-electron chi connectivity index (χ1n) is 15.0.